The second kappa shape index (κ2) is 8.53. The lowest BCUT2D eigenvalue weighted by Gasteiger charge is -2.12. The zero-order chi connectivity index (χ0) is 13.4. The summed E-state index contributed by atoms with van der Waals surface area (Å²) >= 11 is 3.29. The quantitative estimate of drug-likeness (QED) is 0.797. The summed E-state index contributed by atoms with van der Waals surface area (Å²) in [6.07, 6.45) is 2.25. The third kappa shape index (κ3) is 5.87. The molecule has 1 amide bonds. The molecule has 1 aromatic rings. The number of hydrogen-bond donors (Lipinski definition) is 1. The van der Waals surface area contributed by atoms with Gasteiger partial charge in [-0.15, -0.1) is 23.1 Å². The Bertz CT molecular complexity index is 362. The second-order valence-electron chi connectivity index (χ2n) is 4.34. The monoisotopic (exact) mass is 286 g/mol. The average Bonchev–Trinajstić information content (AvgIpc) is 2.76. The van der Waals surface area contributed by atoms with Crippen LogP contribution >= 0.6 is 23.1 Å². The molecule has 0 saturated carbocycles. The van der Waals surface area contributed by atoms with Crippen LogP contribution in [0.15, 0.2) is 5.38 Å². The number of rotatable bonds is 8. The Morgan fingerprint density at radius 1 is 1.50 bits per heavy atom. The summed E-state index contributed by atoms with van der Waals surface area (Å²) in [5.74, 6) is 2.10. The van der Waals surface area contributed by atoms with E-state index >= 15 is 0 Å². The van der Waals surface area contributed by atoms with Crippen molar-refractivity contribution < 1.29 is 4.79 Å². The van der Waals surface area contributed by atoms with E-state index in [4.69, 9.17) is 0 Å². The number of thiazole rings is 1. The lowest BCUT2D eigenvalue weighted by molar-refractivity contribution is -0.118. The van der Waals surface area contributed by atoms with Gasteiger partial charge in [-0.05, 0) is 12.8 Å². The number of thioether (sulfide) groups is 1. The third-order valence-corrected chi connectivity index (χ3v) is 4.68. The van der Waals surface area contributed by atoms with Crippen molar-refractivity contribution >= 4 is 29.0 Å². The van der Waals surface area contributed by atoms with Gasteiger partial charge in [0, 0.05) is 17.7 Å². The van der Waals surface area contributed by atoms with E-state index in [-0.39, 0.29) is 5.91 Å². The zero-order valence-corrected chi connectivity index (χ0v) is 13.0. The summed E-state index contributed by atoms with van der Waals surface area (Å²) in [6, 6.07) is 0. The highest BCUT2D eigenvalue weighted by molar-refractivity contribution is 7.99. The van der Waals surface area contributed by atoms with Crippen LogP contribution < -0.4 is 5.32 Å². The van der Waals surface area contributed by atoms with E-state index in [9.17, 15) is 4.79 Å². The predicted octanol–water partition coefficient (Wildman–Crippen LogP) is 3.24. The fraction of sp³-hybridized carbons (Fsp3) is 0.692. The normalized spacial score (nSPS) is 10.9. The topological polar surface area (TPSA) is 42.0 Å². The molecule has 0 fully saturated rings. The first kappa shape index (κ1) is 15.5. The first-order valence-corrected chi connectivity index (χ1v) is 8.44. The molecule has 0 radical (unpaired) electrons. The molecule has 0 aliphatic rings. The maximum atomic E-state index is 11.6. The van der Waals surface area contributed by atoms with Crippen molar-refractivity contribution in [3.8, 4) is 0 Å². The van der Waals surface area contributed by atoms with E-state index in [2.05, 4.69) is 29.5 Å². The van der Waals surface area contributed by atoms with Gasteiger partial charge in [-0.2, -0.15) is 0 Å². The van der Waals surface area contributed by atoms with Gasteiger partial charge in [0.1, 0.15) is 0 Å². The molecule has 1 rings (SSSR count). The van der Waals surface area contributed by atoms with Crippen LogP contribution in [-0.4, -0.2) is 23.2 Å². The van der Waals surface area contributed by atoms with Gasteiger partial charge in [-0.1, -0.05) is 26.7 Å². The van der Waals surface area contributed by atoms with Crippen LogP contribution in [-0.2, 0) is 10.5 Å². The number of aromatic nitrogens is 1. The number of hydrogen-bond acceptors (Lipinski definition) is 4. The van der Waals surface area contributed by atoms with Crippen LogP contribution in [0, 0.1) is 12.8 Å². The van der Waals surface area contributed by atoms with Gasteiger partial charge in [0.25, 0.3) is 0 Å². The van der Waals surface area contributed by atoms with Crippen molar-refractivity contribution in [3.63, 3.8) is 0 Å². The van der Waals surface area contributed by atoms with Gasteiger partial charge >= 0.3 is 0 Å². The summed E-state index contributed by atoms with van der Waals surface area (Å²) in [7, 11) is 0. The second-order valence-corrected chi connectivity index (χ2v) is 6.39. The van der Waals surface area contributed by atoms with Crippen LogP contribution in [0.3, 0.4) is 0 Å². The maximum absolute atomic E-state index is 11.6. The Hall–Kier alpha value is -0.550. The summed E-state index contributed by atoms with van der Waals surface area (Å²) < 4.78 is 0. The summed E-state index contributed by atoms with van der Waals surface area (Å²) in [5, 5.41) is 6.15. The van der Waals surface area contributed by atoms with E-state index in [1.54, 1.807) is 23.1 Å². The van der Waals surface area contributed by atoms with Crippen molar-refractivity contribution in [2.75, 3.05) is 12.3 Å². The molecule has 1 aromatic heterocycles. The molecule has 0 aliphatic carbocycles. The Kier molecular flexibility index (Phi) is 7.35. The van der Waals surface area contributed by atoms with Crippen LogP contribution in [0.1, 0.15) is 37.4 Å². The molecule has 0 unspecified atom stereocenters. The first-order chi connectivity index (χ1) is 8.65. The molecule has 0 atom stereocenters. The van der Waals surface area contributed by atoms with Gasteiger partial charge in [0.2, 0.25) is 5.91 Å². The summed E-state index contributed by atoms with van der Waals surface area (Å²) in [4.78, 5) is 16.0. The molecule has 18 heavy (non-hydrogen) atoms. The van der Waals surface area contributed by atoms with Crippen molar-refractivity contribution in [1.29, 1.82) is 0 Å². The van der Waals surface area contributed by atoms with Gasteiger partial charge in [-0.3, -0.25) is 4.79 Å². The number of carbonyl (C=O) groups is 1. The van der Waals surface area contributed by atoms with E-state index in [1.807, 2.05) is 6.92 Å². The molecule has 5 heteroatoms. The molecule has 3 nitrogen and oxygen atoms in total. The fourth-order valence-corrected chi connectivity index (χ4v) is 3.07. The molecular weight excluding hydrogens is 264 g/mol. The SMILES string of the molecule is CCC(CC)CNC(=O)CSCc1csc(C)n1. The van der Waals surface area contributed by atoms with E-state index in [0.29, 0.717) is 11.7 Å². The predicted molar refractivity (Wildman–Crippen MR) is 80.1 cm³/mol. The molecular formula is C13H22N2OS2. The van der Waals surface area contributed by atoms with Crippen LogP contribution in [0.25, 0.3) is 0 Å². The van der Waals surface area contributed by atoms with Crippen LogP contribution in [0.5, 0.6) is 0 Å². The van der Waals surface area contributed by atoms with Gasteiger partial charge in [-0.25, -0.2) is 4.98 Å². The Morgan fingerprint density at radius 3 is 2.78 bits per heavy atom. The highest BCUT2D eigenvalue weighted by Gasteiger charge is 2.07. The number of nitrogens with zero attached hydrogens (tertiary/aromatic N) is 1. The maximum Gasteiger partial charge on any atom is 0.230 e. The largest absolute Gasteiger partial charge is 0.355 e. The number of amides is 1. The highest BCUT2D eigenvalue weighted by atomic mass is 32.2. The number of nitrogens with one attached hydrogen (secondary N) is 1. The average molecular weight is 286 g/mol. The van der Waals surface area contributed by atoms with E-state index < -0.39 is 0 Å². The summed E-state index contributed by atoms with van der Waals surface area (Å²) in [6.45, 7) is 7.14. The summed E-state index contributed by atoms with van der Waals surface area (Å²) in [5.41, 5.74) is 1.08. The molecule has 0 bridgehead atoms. The zero-order valence-electron chi connectivity index (χ0n) is 11.4. The van der Waals surface area contributed by atoms with Gasteiger partial charge in [0.05, 0.1) is 16.5 Å². The Balaban J connectivity index is 2.13. The van der Waals surface area contributed by atoms with Crippen LogP contribution in [0.4, 0.5) is 0 Å². The molecule has 0 aliphatic heterocycles. The fourth-order valence-electron chi connectivity index (χ4n) is 1.61. The molecule has 0 saturated heterocycles. The lowest BCUT2D eigenvalue weighted by Crippen LogP contribution is -2.30. The Labute approximate surface area is 118 Å². The van der Waals surface area contributed by atoms with E-state index in [0.717, 1.165) is 35.8 Å². The lowest BCUT2D eigenvalue weighted by atomic mass is 10.0. The molecule has 1 heterocycles. The minimum Gasteiger partial charge on any atom is -0.355 e. The van der Waals surface area contributed by atoms with Gasteiger partial charge in [0.15, 0.2) is 0 Å². The molecule has 1 N–H and O–H groups in total. The smallest absolute Gasteiger partial charge is 0.230 e. The standard InChI is InChI=1S/C13H22N2OS2/c1-4-11(5-2)6-14-13(16)9-17-7-12-8-18-10(3)15-12/h8,11H,4-7,9H2,1-3H3,(H,14,16). The molecule has 0 aromatic carbocycles. The highest BCUT2D eigenvalue weighted by Crippen LogP contribution is 2.14. The van der Waals surface area contributed by atoms with Crippen molar-refractivity contribution in [3.05, 3.63) is 16.1 Å². The third-order valence-electron chi connectivity index (χ3n) is 2.89. The first-order valence-electron chi connectivity index (χ1n) is 6.41. The van der Waals surface area contributed by atoms with Gasteiger partial charge < -0.3 is 5.32 Å². The number of carbonyl (C=O) groups excluding carboxylic acids is 1. The molecule has 0 spiro atoms. The minimum atomic E-state index is 0.138. The molecule has 102 valence electrons. The minimum absolute atomic E-state index is 0.138. The Morgan fingerprint density at radius 2 is 2.22 bits per heavy atom. The van der Waals surface area contributed by atoms with Crippen LogP contribution in [0.2, 0.25) is 0 Å². The van der Waals surface area contributed by atoms with Crippen molar-refractivity contribution in [2.45, 2.75) is 39.4 Å². The van der Waals surface area contributed by atoms with Crippen molar-refractivity contribution in [1.82, 2.24) is 10.3 Å². The number of aryl methyl sites for hydroxylation is 1. The van der Waals surface area contributed by atoms with Crippen molar-refractivity contribution in [2.24, 2.45) is 5.92 Å². The van der Waals surface area contributed by atoms with E-state index in [1.165, 1.54) is 0 Å².